The fourth-order valence-electron chi connectivity index (χ4n) is 2.98. The second-order valence-corrected chi connectivity index (χ2v) is 6.49. The third-order valence-electron chi connectivity index (χ3n) is 4.06. The van der Waals surface area contributed by atoms with Crippen LogP contribution in [-0.4, -0.2) is 16.2 Å². The largest absolute Gasteiger partial charge is 0.494 e. The van der Waals surface area contributed by atoms with E-state index in [0.29, 0.717) is 12.5 Å². The van der Waals surface area contributed by atoms with Crippen molar-refractivity contribution < 1.29 is 4.74 Å². The molecule has 24 heavy (non-hydrogen) atoms. The lowest BCUT2D eigenvalue weighted by atomic mass is 10.1. The summed E-state index contributed by atoms with van der Waals surface area (Å²) in [5.74, 6) is 2.47. The first-order valence-electron chi connectivity index (χ1n) is 8.53. The molecule has 0 radical (unpaired) electrons. The number of anilines is 1. The number of nitrogens with two attached hydrogens (primary N) is 1. The number of hydrogen-bond acceptors (Lipinski definition) is 3. The standard InChI is InChI=1S/C20H25N3O/c1-4-24-16-9-10-18-19(12-16)23(13-14(2)3)20(22-18)11-15-7-5-6-8-17(15)21/h5-10,12,14H,4,11,13,21H2,1-3H3. The molecule has 0 aliphatic rings. The van der Waals surface area contributed by atoms with Crippen molar-refractivity contribution in [3.05, 3.63) is 53.9 Å². The number of rotatable bonds is 6. The van der Waals surface area contributed by atoms with Gasteiger partial charge in [0.15, 0.2) is 0 Å². The molecule has 0 unspecified atom stereocenters. The molecule has 2 aromatic carbocycles. The molecule has 126 valence electrons. The van der Waals surface area contributed by atoms with Crippen molar-refractivity contribution >= 4 is 16.7 Å². The van der Waals surface area contributed by atoms with Gasteiger partial charge in [0.1, 0.15) is 11.6 Å². The molecular weight excluding hydrogens is 298 g/mol. The second-order valence-electron chi connectivity index (χ2n) is 6.49. The molecule has 0 fully saturated rings. The third-order valence-corrected chi connectivity index (χ3v) is 4.06. The lowest BCUT2D eigenvalue weighted by Gasteiger charge is -2.13. The highest BCUT2D eigenvalue weighted by Crippen LogP contribution is 2.25. The van der Waals surface area contributed by atoms with Gasteiger partial charge in [-0.2, -0.15) is 0 Å². The van der Waals surface area contributed by atoms with Gasteiger partial charge in [-0.05, 0) is 36.6 Å². The topological polar surface area (TPSA) is 53.1 Å². The highest BCUT2D eigenvalue weighted by molar-refractivity contribution is 5.78. The van der Waals surface area contributed by atoms with E-state index >= 15 is 0 Å². The first-order chi connectivity index (χ1) is 11.6. The van der Waals surface area contributed by atoms with E-state index in [0.717, 1.165) is 46.8 Å². The van der Waals surface area contributed by atoms with E-state index in [1.807, 2.05) is 37.3 Å². The molecule has 0 spiro atoms. The Labute approximate surface area is 143 Å². The zero-order valence-electron chi connectivity index (χ0n) is 14.6. The van der Waals surface area contributed by atoms with Crippen LogP contribution < -0.4 is 10.5 Å². The number of para-hydroxylation sites is 1. The van der Waals surface area contributed by atoms with Crippen molar-refractivity contribution in [3.63, 3.8) is 0 Å². The van der Waals surface area contributed by atoms with Gasteiger partial charge in [0.25, 0.3) is 0 Å². The van der Waals surface area contributed by atoms with Crippen LogP contribution in [0.3, 0.4) is 0 Å². The fraction of sp³-hybridized carbons (Fsp3) is 0.350. The first-order valence-corrected chi connectivity index (χ1v) is 8.53. The zero-order valence-corrected chi connectivity index (χ0v) is 14.6. The van der Waals surface area contributed by atoms with Gasteiger partial charge in [0.05, 0.1) is 17.6 Å². The van der Waals surface area contributed by atoms with Crippen LogP contribution in [0.5, 0.6) is 5.75 Å². The summed E-state index contributed by atoms with van der Waals surface area (Å²) in [6.45, 7) is 8.03. The van der Waals surface area contributed by atoms with E-state index in [9.17, 15) is 0 Å². The van der Waals surface area contributed by atoms with Gasteiger partial charge in [0, 0.05) is 24.7 Å². The van der Waals surface area contributed by atoms with Gasteiger partial charge >= 0.3 is 0 Å². The summed E-state index contributed by atoms with van der Waals surface area (Å²) in [4.78, 5) is 4.86. The van der Waals surface area contributed by atoms with Crippen LogP contribution in [-0.2, 0) is 13.0 Å². The predicted molar refractivity (Wildman–Crippen MR) is 99.4 cm³/mol. The Kier molecular flexibility index (Phi) is 4.74. The summed E-state index contributed by atoms with van der Waals surface area (Å²) in [6, 6.07) is 14.1. The highest BCUT2D eigenvalue weighted by atomic mass is 16.5. The molecule has 1 heterocycles. The molecule has 0 saturated heterocycles. The van der Waals surface area contributed by atoms with Gasteiger partial charge in [-0.15, -0.1) is 0 Å². The van der Waals surface area contributed by atoms with Crippen LogP contribution in [0, 0.1) is 5.92 Å². The Morgan fingerprint density at radius 1 is 1.17 bits per heavy atom. The number of nitrogens with zero attached hydrogens (tertiary/aromatic N) is 2. The number of fused-ring (bicyclic) bond motifs is 1. The molecule has 0 aliphatic carbocycles. The van der Waals surface area contributed by atoms with Gasteiger partial charge in [-0.3, -0.25) is 0 Å². The predicted octanol–water partition coefficient (Wildman–Crippen LogP) is 4.26. The minimum Gasteiger partial charge on any atom is -0.494 e. The van der Waals surface area contributed by atoms with E-state index < -0.39 is 0 Å². The minimum absolute atomic E-state index is 0.532. The van der Waals surface area contributed by atoms with Crippen LogP contribution in [0.25, 0.3) is 11.0 Å². The normalized spacial score (nSPS) is 11.3. The van der Waals surface area contributed by atoms with Crippen molar-refractivity contribution in [3.8, 4) is 5.75 Å². The maximum atomic E-state index is 6.12. The maximum Gasteiger partial charge on any atom is 0.121 e. The molecule has 4 heteroatoms. The zero-order chi connectivity index (χ0) is 17.1. The molecule has 0 aliphatic heterocycles. The number of nitrogen functional groups attached to an aromatic ring is 1. The number of aromatic nitrogens is 2. The summed E-state index contributed by atoms with van der Waals surface area (Å²) in [7, 11) is 0. The Balaban J connectivity index is 2.07. The van der Waals surface area contributed by atoms with Crippen LogP contribution in [0.15, 0.2) is 42.5 Å². The van der Waals surface area contributed by atoms with Crippen LogP contribution >= 0.6 is 0 Å². The average molecular weight is 323 g/mol. The van der Waals surface area contributed by atoms with Crippen LogP contribution in [0.1, 0.15) is 32.2 Å². The molecule has 0 saturated carbocycles. The van der Waals surface area contributed by atoms with Crippen LogP contribution in [0.2, 0.25) is 0 Å². The van der Waals surface area contributed by atoms with Gasteiger partial charge in [-0.25, -0.2) is 4.98 Å². The highest BCUT2D eigenvalue weighted by Gasteiger charge is 2.14. The summed E-state index contributed by atoms with van der Waals surface area (Å²) >= 11 is 0. The van der Waals surface area contributed by atoms with Crippen molar-refractivity contribution in [2.75, 3.05) is 12.3 Å². The molecule has 4 nitrogen and oxygen atoms in total. The number of ether oxygens (including phenoxy) is 1. The lowest BCUT2D eigenvalue weighted by Crippen LogP contribution is -2.10. The van der Waals surface area contributed by atoms with E-state index in [-0.39, 0.29) is 0 Å². The minimum atomic E-state index is 0.532. The Morgan fingerprint density at radius 3 is 2.67 bits per heavy atom. The van der Waals surface area contributed by atoms with Crippen molar-refractivity contribution in [2.24, 2.45) is 5.92 Å². The smallest absolute Gasteiger partial charge is 0.121 e. The maximum absolute atomic E-state index is 6.12. The Bertz CT molecular complexity index is 836. The van der Waals surface area contributed by atoms with Gasteiger partial charge in [-0.1, -0.05) is 32.0 Å². The van der Waals surface area contributed by atoms with E-state index in [1.165, 1.54) is 0 Å². The molecule has 0 atom stereocenters. The number of hydrogen-bond donors (Lipinski definition) is 1. The lowest BCUT2D eigenvalue weighted by molar-refractivity contribution is 0.340. The van der Waals surface area contributed by atoms with E-state index in [1.54, 1.807) is 0 Å². The van der Waals surface area contributed by atoms with E-state index in [4.69, 9.17) is 15.5 Å². The van der Waals surface area contributed by atoms with Crippen molar-refractivity contribution in [1.29, 1.82) is 0 Å². The molecule has 3 aromatic rings. The number of benzene rings is 2. The first kappa shape index (κ1) is 16.4. The summed E-state index contributed by atoms with van der Waals surface area (Å²) in [5.41, 5.74) is 10.2. The number of imidazole rings is 1. The summed E-state index contributed by atoms with van der Waals surface area (Å²) < 4.78 is 7.96. The monoisotopic (exact) mass is 323 g/mol. The van der Waals surface area contributed by atoms with Crippen molar-refractivity contribution in [2.45, 2.75) is 33.7 Å². The molecular formula is C20H25N3O. The van der Waals surface area contributed by atoms with Crippen LogP contribution in [0.4, 0.5) is 5.69 Å². The second kappa shape index (κ2) is 6.95. The van der Waals surface area contributed by atoms with E-state index in [2.05, 4.69) is 30.5 Å². The Hall–Kier alpha value is -2.49. The molecule has 1 aromatic heterocycles. The molecule has 0 bridgehead atoms. The SMILES string of the molecule is CCOc1ccc2nc(Cc3ccccc3N)n(CC(C)C)c2c1. The van der Waals surface area contributed by atoms with Gasteiger partial charge < -0.3 is 15.0 Å². The molecule has 0 amide bonds. The summed E-state index contributed by atoms with van der Waals surface area (Å²) in [6.07, 6.45) is 0.734. The average Bonchev–Trinajstić information content (AvgIpc) is 2.87. The molecule has 3 rings (SSSR count). The van der Waals surface area contributed by atoms with Gasteiger partial charge in [0.2, 0.25) is 0 Å². The third kappa shape index (κ3) is 3.37. The molecule has 2 N–H and O–H groups in total. The quantitative estimate of drug-likeness (QED) is 0.689. The summed E-state index contributed by atoms with van der Waals surface area (Å²) in [5, 5.41) is 0. The Morgan fingerprint density at radius 2 is 1.96 bits per heavy atom. The van der Waals surface area contributed by atoms with Crippen molar-refractivity contribution in [1.82, 2.24) is 9.55 Å². The fourth-order valence-corrected chi connectivity index (χ4v) is 2.98.